The Kier molecular flexibility index (Phi) is 5.63. The van der Waals surface area contributed by atoms with Crippen molar-refractivity contribution >= 4 is 33.4 Å². The van der Waals surface area contributed by atoms with Gasteiger partial charge in [-0.2, -0.15) is 10.2 Å². The number of rotatable bonds is 6. The highest BCUT2D eigenvalue weighted by molar-refractivity contribution is 9.10. The fourth-order valence-corrected chi connectivity index (χ4v) is 2.64. The second-order valence-electron chi connectivity index (χ2n) is 5.00. The van der Waals surface area contributed by atoms with Gasteiger partial charge < -0.3 is 5.32 Å². The molecule has 0 radical (unpaired) electrons. The average Bonchev–Trinajstić information content (AvgIpc) is 2.99. The fraction of sp³-hybridized carbons (Fsp3) is 0.500. The average molecular weight is 389 g/mol. The molecule has 120 valence electrons. The standard InChI is InChI=1S/C14H19BrClN5O/c1-4-20-8-11(16)13(19-20)14(22)17-6-5-7-21-10(3)12(15)9(2)18-21/h8H,4-7H2,1-3H3,(H,17,22). The molecule has 2 aromatic rings. The molecule has 0 unspecified atom stereocenters. The van der Waals surface area contributed by atoms with E-state index in [2.05, 4.69) is 31.4 Å². The van der Waals surface area contributed by atoms with E-state index in [4.69, 9.17) is 11.6 Å². The van der Waals surface area contributed by atoms with E-state index in [0.29, 0.717) is 18.1 Å². The minimum absolute atomic E-state index is 0.244. The van der Waals surface area contributed by atoms with Gasteiger partial charge in [-0.15, -0.1) is 0 Å². The predicted molar refractivity (Wildman–Crippen MR) is 89.3 cm³/mol. The number of aryl methyl sites for hydroxylation is 3. The van der Waals surface area contributed by atoms with Gasteiger partial charge in [0.15, 0.2) is 5.69 Å². The lowest BCUT2D eigenvalue weighted by Crippen LogP contribution is -2.26. The molecule has 6 nitrogen and oxygen atoms in total. The van der Waals surface area contributed by atoms with E-state index in [1.165, 1.54) is 0 Å². The molecule has 0 aromatic carbocycles. The van der Waals surface area contributed by atoms with Crippen molar-refractivity contribution in [2.75, 3.05) is 6.54 Å². The molecule has 1 N–H and O–H groups in total. The second kappa shape index (κ2) is 7.28. The van der Waals surface area contributed by atoms with Gasteiger partial charge in [0, 0.05) is 31.5 Å². The Bertz CT molecular complexity index is 679. The number of nitrogens with one attached hydrogen (secondary N) is 1. The number of aromatic nitrogens is 4. The van der Waals surface area contributed by atoms with Crippen LogP contribution in [0.25, 0.3) is 0 Å². The van der Waals surface area contributed by atoms with Crippen molar-refractivity contribution in [2.24, 2.45) is 0 Å². The van der Waals surface area contributed by atoms with E-state index < -0.39 is 0 Å². The quantitative estimate of drug-likeness (QED) is 0.774. The Hall–Kier alpha value is -1.34. The highest BCUT2D eigenvalue weighted by Crippen LogP contribution is 2.19. The third kappa shape index (κ3) is 3.70. The molecule has 0 saturated heterocycles. The van der Waals surface area contributed by atoms with Crippen LogP contribution in [0.2, 0.25) is 5.02 Å². The van der Waals surface area contributed by atoms with E-state index in [9.17, 15) is 4.79 Å². The molecule has 0 atom stereocenters. The van der Waals surface area contributed by atoms with Crippen LogP contribution in [0, 0.1) is 13.8 Å². The van der Waals surface area contributed by atoms with Crippen molar-refractivity contribution in [3.05, 3.63) is 32.8 Å². The summed E-state index contributed by atoms with van der Waals surface area (Å²) >= 11 is 9.51. The van der Waals surface area contributed by atoms with E-state index in [-0.39, 0.29) is 11.6 Å². The van der Waals surface area contributed by atoms with Gasteiger partial charge in [0.1, 0.15) is 0 Å². The summed E-state index contributed by atoms with van der Waals surface area (Å²) in [5.41, 5.74) is 2.34. The molecule has 0 aliphatic carbocycles. The number of nitrogens with zero attached hydrogens (tertiary/aromatic N) is 4. The summed E-state index contributed by atoms with van der Waals surface area (Å²) in [4.78, 5) is 12.0. The van der Waals surface area contributed by atoms with Crippen LogP contribution in [-0.4, -0.2) is 32.0 Å². The topological polar surface area (TPSA) is 64.7 Å². The zero-order valence-corrected chi connectivity index (χ0v) is 15.2. The summed E-state index contributed by atoms with van der Waals surface area (Å²) in [5, 5.41) is 11.8. The van der Waals surface area contributed by atoms with E-state index in [1.54, 1.807) is 10.9 Å². The van der Waals surface area contributed by atoms with Crippen molar-refractivity contribution < 1.29 is 4.79 Å². The number of hydrogen-bond donors (Lipinski definition) is 1. The molecule has 22 heavy (non-hydrogen) atoms. The molecule has 0 spiro atoms. The zero-order chi connectivity index (χ0) is 16.3. The van der Waals surface area contributed by atoms with E-state index >= 15 is 0 Å². The zero-order valence-electron chi connectivity index (χ0n) is 12.9. The first-order valence-corrected chi connectivity index (χ1v) is 8.31. The first-order valence-electron chi connectivity index (χ1n) is 7.14. The van der Waals surface area contributed by atoms with E-state index in [0.717, 1.165) is 28.8 Å². The van der Waals surface area contributed by atoms with Gasteiger partial charge >= 0.3 is 0 Å². The Morgan fingerprint density at radius 1 is 1.41 bits per heavy atom. The van der Waals surface area contributed by atoms with Crippen molar-refractivity contribution in [1.29, 1.82) is 0 Å². The van der Waals surface area contributed by atoms with Crippen molar-refractivity contribution in [3.8, 4) is 0 Å². The van der Waals surface area contributed by atoms with Gasteiger partial charge in [-0.1, -0.05) is 11.6 Å². The highest BCUT2D eigenvalue weighted by atomic mass is 79.9. The molecule has 2 rings (SSSR count). The van der Waals surface area contributed by atoms with Crippen LogP contribution in [0.3, 0.4) is 0 Å². The van der Waals surface area contributed by atoms with Gasteiger partial charge in [0.05, 0.1) is 15.2 Å². The summed E-state index contributed by atoms with van der Waals surface area (Å²) in [7, 11) is 0. The third-order valence-electron chi connectivity index (χ3n) is 3.38. The summed E-state index contributed by atoms with van der Waals surface area (Å²) in [5.74, 6) is -0.244. The lowest BCUT2D eigenvalue weighted by molar-refractivity contribution is 0.0947. The third-order valence-corrected chi connectivity index (χ3v) is 4.81. The van der Waals surface area contributed by atoms with E-state index in [1.807, 2.05) is 25.5 Å². The van der Waals surface area contributed by atoms with Gasteiger partial charge in [0.25, 0.3) is 5.91 Å². The molecule has 0 fully saturated rings. The summed E-state index contributed by atoms with van der Waals surface area (Å²) in [6.07, 6.45) is 2.44. The molecule has 1 amide bonds. The largest absolute Gasteiger partial charge is 0.351 e. The Morgan fingerprint density at radius 3 is 2.68 bits per heavy atom. The van der Waals surface area contributed by atoms with Gasteiger partial charge in [-0.3, -0.25) is 14.2 Å². The number of hydrogen-bond acceptors (Lipinski definition) is 3. The summed E-state index contributed by atoms with van der Waals surface area (Å²) in [6.45, 7) is 7.89. The predicted octanol–water partition coefficient (Wildman–Crippen LogP) is 2.95. The minimum Gasteiger partial charge on any atom is -0.351 e. The first-order chi connectivity index (χ1) is 10.4. The number of amides is 1. The molecule has 0 bridgehead atoms. The molecular weight excluding hydrogens is 370 g/mol. The van der Waals surface area contributed by atoms with Gasteiger partial charge in [-0.05, 0) is 43.1 Å². The molecular formula is C14H19BrClN5O. The molecule has 0 aliphatic heterocycles. The van der Waals surface area contributed by atoms with Crippen LogP contribution in [-0.2, 0) is 13.1 Å². The van der Waals surface area contributed by atoms with Gasteiger partial charge in [0.2, 0.25) is 0 Å². The van der Waals surface area contributed by atoms with Gasteiger partial charge in [-0.25, -0.2) is 0 Å². The molecule has 8 heteroatoms. The fourth-order valence-electron chi connectivity index (χ4n) is 2.12. The highest BCUT2D eigenvalue weighted by Gasteiger charge is 2.14. The smallest absolute Gasteiger partial charge is 0.273 e. The van der Waals surface area contributed by atoms with Crippen LogP contribution in [0.5, 0.6) is 0 Å². The Morgan fingerprint density at radius 2 is 2.14 bits per heavy atom. The molecule has 2 aromatic heterocycles. The maximum atomic E-state index is 12.0. The Labute approximate surface area is 143 Å². The maximum Gasteiger partial charge on any atom is 0.273 e. The SMILES string of the molecule is CCn1cc(Cl)c(C(=O)NCCCn2nc(C)c(Br)c2C)n1. The minimum atomic E-state index is -0.244. The Balaban J connectivity index is 1.84. The number of carbonyl (C=O) groups is 1. The molecule has 0 saturated carbocycles. The second-order valence-corrected chi connectivity index (χ2v) is 6.20. The maximum absolute atomic E-state index is 12.0. The number of halogens is 2. The molecule has 0 aliphatic rings. The van der Waals surface area contributed by atoms with Crippen LogP contribution >= 0.6 is 27.5 Å². The summed E-state index contributed by atoms with van der Waals surface area (Å²) in [6, 6.07) is 0. The van der Waals surface area contributed by atoms with Crippen molar-refractivity contribution in [3.63, 3.8) is 0 Å². The van der Waals surface area contributed by atoms with Crippen LogP contribution in [0.15, 0.2) is 10.7 Å². The number of carbonyl (C=O) groups excluding carboxylic acids is 1. The van der Waals surface area contributed by atoms with Crippen LogP contribution in [0.4, 0.5) is 0 Å². The first kappa shape index (κ1) is 17.0. The monoisotopic (exact) mass is 387 g/mol. The van der Waals surface area contributed by atoms with Crippen LogP contribution in [0.1, 0.15) is 35.2 Å². The summed E-state index contributed by atoms with van der Waals surface area (Å²) < 4.78 is 4.61. The molecule has 2 heterocycles. The van der Waals surface area contributed by atoms with Crippen molar-refractivity contribution in [2.45, 2.75) is 40.3 Å². The lowest BCUT2D eigenvalue weighted by Gasteiger charge is -2.06. The van der Waals surface area contributed by atoms with Crippen LogP contribution < -0.4 is 5.32 Å². The van der Waals surface area contributed by atoms with Crippen molar-refractivity contribution in [1.82, 2.24) is 24.9 Å². The normalized spacial score (nSPS) is 11.0. The lowest BCUT2D eigenvalue weighted by atomic mass is 10.3.